The number of benzene rings is 2. The van der Waals surface area contributed by atoms with Crippen LogP contribution in [0.5, 0.6) is 11.5 Å². The van der Waals surface area contributed by atoms with Crippen molar-refractivity contribution < 1.29 is 23.0 Å². The summed E-state index contributed by atoms with van der Waals surface area (Å²) in [5, 5.41) is 7.59. The first-order valence-electron chi connectivity index (χ1n) is 7.85. The summed E-state index contributed by atoms with van der Waals surface area (Å²) in [5.41, 5.74) is -0.190. The molecule has 0 radical (unpaired) electrons. The number of hydrogen-bond acceptors (Lipinski definition) is 5. The molecule has 0 aliphatic rings. The van der Waals surface area contributed by atoms with Crippen molar-refractivity contribution in [1.82, 2.24) is 9.78 Å². The summed E-state index contributed by atoms with van der Waals surface area (Å²) >= 11 is 0. The first kappa shape index (κ1) is 18.3. The van der Waals surface area contributed by atoms with Crippen molar-refractivity contribution in [3.8, 4) is 11.5 Å². The fourth-order valence-corrected chi connectivity index (χ4v) is 2.52. The topological polar surface area (TPSA) is 82.5 Å². The third-order valence-electron chi connectivity index (χ3n) is 3.72. The number of hydrogen-bond donors (Lipinski definition) is 1. The molecule has 0 aliphatic carbocycles. The van der Waals surface area contributed by atoms with Crippen molar-refractivity contribution in [3.05, 3.63) is 59.0 Å². The Labute approximate surface area is 152 Å². The van der Waals surface area contributed by atoms with E-state index < -0.39 is 18.1 Å². The molecule has 27 heavy (non-hydrogen) atoms. The number of carbonyl (C=O) groups is 1. The number of rotatable bonds is 6. The number of carbonyl (C=O) groups excluding carboxylic acids is 1. The maximum absolute atomic E-state index is 12.5. The molecule has 9 heteroatoms. The second-order valence-electron chi connectivity index (χ2n) is 5.49. The maximum atomic E-state index is 12.5. The average Bonchev–Trinajstić information content (AvgIpc) is 2.64. The highest BCUT2D eigenvalue weighted by atomic mass is 19.3. The minimum absolute atomic E-state index is 0.0979. The summed E-state index contributed by atoms with van der Waals surface area (Å²) in [4.78, 5) is 24.6. The highest BCUT2D eigenvalue weighted by Crippen LogP contribution is 2.31. The van der Waals surface area contributed by atoms with Gasteiger partial charge in [0, 0.05) is 17.1 Å². The summed E-state index contributed by atoms with van der Waals surface area (Å²) in [7, 11) is 1.31. The Hall–Kier alpha value is -3.49. The summed E-state index contributed by atoms with van der Waals surface area (Å²) in [6.45, 7) is -3.37. The van der Waals surface area contributed by atoms with Gasteiger partial charge in [-0.3, -0.25) is 9.59 Å². The quantitative estimate of drug-likeness (QED) is 0.716. The van der Waals surface area contributed by atoms with Crippen LogP contribution in [0, 0.1) is 0 Å². The number of methoxy groups -OCH3 is 1. The fourth-order valence-electron chi connectivity index (χ4n) is 2.52. The average molecular weight is 375 g/mol. The number of nitrogens with zero attached hydrogens (tertiary/aromatic N) is 2. The number of alkyl halides is 2. The Morgan fingerprint density at radius 2 is 2.00 bits per heavy atom. The van der Waals surface area contributed by atoms with E-state index in [1.54, 1.807) is 24.3 Å². The van der Waals surface area contributed by atoms with Gasteiger partial charge >= 0.3 is 6.61 Å². The Morgan fingerprint density at radius 3 is 2.74 bits per heavy atom. The summed E-state index contributed by atoms with van der Waals surface area (Å²) in [6.07, 6.45) is 1.49. The van der Waals surface area contributed by atoms with Crippen molar-refractivity contribution in [3.63, 3.8) is 0 Å². The van der Waals surface area contributed by atoms with Crippen LogP contribution >= 0.6 is 0 Å². The molecule has 0 bridgehead atoms. The van der Waals surface area contributed by atoms with E-state index in [4.69, 9.17) is 4.74 Å². The van der Waals surface area contributed by atoms with Gasteiger partial charge in [0.25, 0.3) is 5.56 Å². The molecule has 1 aromatic heterocycles. The van der Waals surface area contributed by atoms with Gasteiger partial charge in [0.05, 0.1) is 18.7 Å². The van der Waals surface area contributed by atoms with Crippen LogP contribution in [-0.4, -0.2) is 29.4 Å². The molecule has 1 amide bonds. The second-order valence-corrected chi connectivity index (χ2v) is 5.49. The van der Waals surface area contributed by atoms with Gasteiger partial charge in [0.2, 0.25) is 5.91 Å². The van der Waals surface area contributed by atoms with Crippen LogP contribution in [0.4, 0.5) is 14.5 Å². The van der Waals surface area contributed by atoms with E-state index in [0.29, 0.717) is 10.8 Å². The Bertz CT molecular complexity index is 1040. The van der Waals surface area contributed by atoms with Crippen molar-refractivity contribution in [1.29, 1.82) is 0 Å². The molecule has 2 aromatic carbocycles. The molecule has 1 heterocycles. The number of ether oxygens (including phenoxy) is 2. The molecule has 140 valence electrons. The summed E-state index contributed by atoms with van der Waals surface area (Å²) in [5.74, 6) is -0.667. The van der Waals surface area contributed by atoms with Gasteiger partial charge in [-0.05, 0) is 18.2 Å². The molecule has 3 aromatic rings. The largest absolute Gasteiger partial charge is 0.493 e. The number of aromatic nitrogens is 2. The minimum atomic E-state index is -3.04. The first-order chi connectivity index (χ1) is 13.0. The third-order valence-corrected chi connectivity index (χ3v) is 3.72. The third kappa shape index (κ3) is 4.20. The molecule has 0 atom stereocenters. The number of fused-ring (bicyclic) bond motifs is 1. The van der Waals surface area contributed by atoms with E-state index >= 15 is 0 Å². The van der Waals surface area contributed by atoms with Crippen LogP contribution in [0.25, 0.3) is 10.8 Å². The zero-order valence-electron chi connectivity index (χ0n) is 14.2. The fraction of sp³-hybridized carbons (Fsp3) is 0.167. The second kappa shape index (κ2) is 7.81. The van der Waals surface area contributed by atoms with Gasteiger partial charge in [-0.15, -0.1) is 0 Å². The monoisotopic (exact) mass is 375 g/mol. The SMILES string of the molecule is COc1ccc(NC(=O)Cn2ncc3ccccc3c2=O)cc1OC(F)F. The standard InChI is InChI=1S/C18H15F2N3O4/c1-26-14-7-6-12(8-15(14)27-18(19)20)22-16(24)10-23-17(25)13-5-3-2-4-11(13)9-21-23/h2-9,18H,10H2,1H3,(H,22,24). The van der Waals surface area contributed by atoms with Crippen LogP contribution in [-0.2, 0) is 11.3 Å². The minimum Gasteiger partial charge on any atom is -0.493 e. The van der Waals surface area contributed by atoms with Crippen LogP contribution in [0.3, 0.4) is 0 Å². The molecule has 0 aliphatic heterocycles. The molecule has 0 unspecified atom stereocenters. The van der Waals surface area contributed by atoms with E-state index in [2.05, 4.69) is 15.2 Å². The van der Waals surface area contributed by atoms with Crippen LogP contribution in [0.15, 0.2) is 53.5 Å². The normalized spacial score (nSPS) is 10.8. The number of halogens is 2. The molecular formula is C18H15F2N3O4. The van der Waals surface area contributed by atoms with Crippen molar-refractivity contribution >= 4 is 22.4 Å². The van der Waals surface area contributed by atoms with Crippen LogP contribution in [0.1, 0.15) is 0 Å². The smallest absolute Gasteiger partial charge is 0.387 e. The lowest BCUT2D eigenvalue weighted by molar-refractivity contribution is -0.117. The Balaban J connectivity index is 1.78. The van der Waals surface area contributed by atoms with Gasteiger partial charge in [-0.25, -0.2) is 4.68 Å². The predicted molar refractivity (Wildman–Crippen MR) is 94.3 cm³/mol. The van der Waals surface area contributed by atoms with Gasteiger partial charge < -0.3 is 14.8 Å². The van der Waals surface area contributed by atoms with Crippen molar-refractivity contribution in [2.24, 2.45) is 0 Å². The molecule has 1 N–H and O–H groups in total. The maximum Gasteiger partial charge on any atom is 0.387 e. The van der Waals surface area contributed by atoms with Crippen LogP contribution in [0.2, 0.25) is 0 Å². The zero-order valence-corrected chi connectivity index (χ0v) is 14.2. The summed E-state index contributed by atoms with van der Waals surface area (Å²) < 4.78 is 35.3. The van der Waals surface area contributed by atoms with E-state index in [1.807, 2.05) is 0 Å². The van der Waals surface area contributed by atoms with E-state index in [-0.39, 0.29) is 23.7 Å². The van der Waals surface area contributed by atoms with E-state index in [0.717, 1.165) is 4.68 Å². The highest BCUT2D eigenvalue weighted by molar-refractivity contribution is 5.91. The van der Waals surface area contributed by atoms with Crippen LogP contribution < -0.4 is 20.3 Å². The molecule has 0 saturated heterocycles. The predicted octanol–water partition coefficient (Wildman–Crippen LogP) is 2.65. The highest BCUT2D eigenvalue weighted by Gasteiger charge is 2.13. The molecule has 3 rings (SSSR count). The molecular weight excluding hydrogens is 360 g/mol. The summed E-state index contributed by atoms with van der Waals surface area (Å²) in [6, 6.07) is 10.9. The number of anilines is 1. The van der Waals surface area contributed by atoms with Gasteiger partial charge in [0.15, 0.2) is 11.5 Å². The molecule has 0 fully saturated rings. The lowest BCUT2D eigenvalue weighted by Gasteiger charge is -2.12. The number of nitrogens with one attached hydrogen (secondary N) is 1. The number of amides is 1. The molecule has 7 nitrogen and oxygen atoms in total. The Kier molecular flexibility index (Phi) is 5.30. The lowest BCUT2D eigenvalue weighted by Crippen LogP contribution is -2.29. The van der Waals surface area contributed by atoms with Crippen molar-refractivity contribution in [2.75, 3.05) is 12.4 Å². The van der Waals surface area contributed by atoms with Gasteiger partial charge in [0.1, 0.15) is 6.54 Å². The van der Waals surface area contributed by atoms with Gasteiger partial charge in [-0.1, -0.05) is 18.2 Å². The van der Waals surface area contributed by atoms with Gasteiger partial charge in [-0.2, -0.15) is 13.9 Å². The first-order valence-corrected chi connectivity index (χ1v) is 7.85. The Morgan fingerprint density at radius 1 is 1.22 bits per heavy atom. The lowest BCUT2D eigenvalue weighted by atomic mass is 10.2. The van der Waals surface area contributed by atoms with E-state index in [1.165, 1.54) is 31.5 Å². The van der Waals surface area contributed by atoms with E-state index in [9.17, 15) is 18.4 Å². The molecule has 0 saturated carbocycles. The zero-order chi connectivity index (χ0) is 19.4. The van der Waals surface area contributed by atoms with Crippen molar-refractivity contribution in [2.45, 2.75) is 13.2 Å². The molecule has 0 spiro atoms.